The minimum atomic E-state index is -0.207. The van der Waals surface area contributed by atoms with Crippen LogP contribution in [0.4, 0.5) is 4.79 Å². The molecule has 4 nitrogen and oxygen atoms in total. The fraction of sp³-hybridized carbons (Fsp3) is 0.562. The van der Waals surface area contributed by atoms with Gasteiger partial charge in [-0.2, -0.15) is 0 Å². The van der Waals surface area contributed by atoms with Gasteiger partial charge in [-0.1, -0.05) is 38.1 Å². The Morgan fingerprint density at radius 1 is 1.25 bits per heavy atom. The van der Waals surface area contributed by atoms with Crippen LogP contribution in [0.15, 0.2) is 24.3 Å². The predicted octanol–water partition coefficient (Wildman–Crippen LogP) is 2.74. The molecule has 1 N–H and O–H groups in total. The molecule has 1 amide bonds. The highest BCUT2D eigenvalue weighted by atomic mass is 16.6. The van der Waals surface area contributed by atoms with E-state index in [1.165, 1.54) is 5.56 Å². The van der Waals surface area contributed by atoms with Crippen LogP contribution in [0.2, 0.25) is 0 Å². The molecule has 0 spiro atoms. The van der Waals surface area contributed by atoms with Crippen LogP contribution in [-0.2, 0) is 11.3 Å². The van der Waals surface area contributed by atoms with Gasteiger partial charge in [0.05, 0.1) is 0 Å². The minimum absolute atomic E-state index is 0.207. The number of nitrogens with zero attached hydrogens (tertiary/aromatic N) is 1. The SMILES string of the molecule is CC(C)c1ccc(COC(=O)N2CCCNCC2)cc1. The Morgan fingerprint density at radius 3 is 2.70 bits per heavy atom. The lowest BCUT2D eigenvalue weighted by molar-refractivity contribution is 0.0984. The highest BCUT2D eigenvalue weighted by molar-refractivity contribution is 5.67. The van der Waals surface area contributed by atoms with Gasteiger partial charge in [-0.25, -0.2) is 4.79 Å². The molecule has 110 valence electrons. The average Bonchev–Trinajstić information content (AvgIpc) is 2.74. The standard InChI is InChI=1S/C16H24N2O2/c1-13(2)15-6-4-14(5-7-15)12-20-16(19)18-10-3-8-17-9-11-18/h4-7,13,17H,3,8-12H2,1-2H3. The molecule has 0 aliphatic carbocycles. The molecule has 0 saturated carbocycles. The number of carbonyl (C=O) groups is 1. The summed E-state index contributed by atoms with van der Waals surface area (Å²) >= 11 is 0. The summed E-state index contributed by atoms with van der Waals surface area (Å²) in [7, 11) is 0. The van der Waals surface area contributed by atoms with Gasteiger partial charge in [0.25, 0.3) is 0 Å². The van der Waals surface area contributed by atoms with Gasteiger partial charge in [-0.05, 0) is 30.0 Å². The Kier molecular flexibility index (Phi) is 5.41. The second-order valence-electron chi connectivity index (χ2n) is 5.54. The minimum Gasteiger partial charge on any atom is -0.445 e. The monoisotopic (exact) mass is 276 g/mol. The van der Waals surface area contributed by atoms with E-state index in [9.17, 15) is 4.79 Å². The van der Waals surface area contributed by atoms with Crippen molar-refractivity contribution in [1.29, 1.82) is 0 Å². The summed E-state index contributed by atoms with van der Waals surface area (Å²) in [6.07, 6.45) is 0.777. The molecule has 1 heterocycles. The van der Waals surface area contributed by atoms with Crippen molar-refractivity contribution in [3.05, 3.63) is 35.4 Å². The van der Waals surface area contributed by atoms with E-state index in [0.29, 0.717) is 12.5 Å². The number of hydrogen-bond acceptors (Lipinski definition) is 3. The zero-order chi connectivity index (χ0) is 14.4. The third-order valence-electron chi connectivity index (χ3n) is 3.61. The molecule has 1 aromatic carbocycles. The maximum atomic E-state index is 12.0. The number of ether oxygens (including phenoxy) is 1. The van der Waals surface area contributed by atoms with E-state index >= 15 is 0 Å². The molecule has 0 aromatic heterocycles. The fourth-order valence-electron chi connectivity index (χ4n) is 2.26. The van der Waals surface area contributed by atoms with E-state index in [0.717, 1.165) is 38.2 Å². The summed E-state index contributed by atoms with van der Waals surface area (Å²) < 4.78 is 5.38. The zero-order valence-electron chi connectivity index (χ0n) is 12.4. The summed E-state index contributed by atoms with van der Waals surface area (Å²) in [4.78, 5) is 13.8. The van der Waals surface area contributed by atoms with Crippen molar-refractivity contribution in [2.24, 2.45) is 0 Å². The first-order chi connectivity index (χ1) is 9.66. The van der Waals surface area contributed by atoms with Crippen LogP contribution in [0.5, 0.6) is 0 Å². The lowest BCUT2D eigenvalue weighted by atomic mass is 10.0. The smallest absolute Gasteiger partial charge is 0.410 e. The second-order valence-corrected chi connectivity index (χ2v) is 5.54. The first kappa shape index (κ1) is 14.9. The molecule has 1 fully saturated rings. The molecular formula is C16H24N2O2. The third kappa shape index (κ3) is 4.23. The molecule has 1 aromatic rings. The molecule has 0 atom stereocenters. The largest absolute Gasteiger partial charge is 0.445 e. The first-order valence-corrected chi connectivity index (χ1v) is 7.38. The summed E-state index contributed by atoms with van der Waals surface area (Å²) in [6, 6.07) is 8.27. The predicted molar refractivity (Wildman–Crippen MR) is 79.8 cm³/mol. The van der Waals surface area contributed by atoms with Crippen LogP contribution < -0.4 is 5.32 Å². The lowest BCUT2D eigenvalue weighted by Crippen LogP contribution is -2.34. The molecule has 1 saturated heterocycles. The highest BCUT2D eigenvalue weighted by Crippen LogP contribution is 2.15. The van der Waals surface area contributed by atoms with Gasteiger partial charge in [0, 0.05) is 19.6 Å². The van der Waals surface area contributed by atoms with E-state index in [4.69, 9.17) is 4.74 Å². The lowest BCUT2D eigenvalue weighted by Gasteiger charge is -2.19. The van der Waals surface area contributed by atoms with E-state index in [2.05, 4.69) is 31.3 Å². The molecule has 4 heteroatoms. The molecule has 0 bridgehead atoms. The number of benzene rings is 1. The first-order valence-electron chi connectivity index (χ1n) is 7.38. The van der Waals surface area contributed by atoms with Crippen LogP contribution >= 0.6 is 0 Å². The zero-order valence-corrected chi connectivity index (χ0v) is 12.4. The van der Waals surface area contributed by atoms with Gasteiger partial charge in [-0.15, -0.1) is 0 Å². The van der Waals surface area contributed by atoms with Crippen molar-refractivity contribution in [2.45, 2.75) is 32.8 Å². The average molecular weight is 276 g/mol. The van der Waals surface area contributed by atoms with Crippen LogP contribution in [-0.4, -0.2) is 37.2 Å². The van der Waals surface area contributed by atoms with Crippen LogP contribution in [0.1, 0.15) is 37.3 Å². The molecule has 1 aliphatic heterocycles. The molecule has 1 aliphatic rings. The van der Waals surface area contributed by atoms with E-state index in [-0.39, 0.29) is 6.09 Å². The number of amides is 1. The molecule has 0 unspecified atom stereocenters. The van der Waals surface area contributed by atoms with Crippen molar-refractivity contribution in [1.82, 2.24) is 10.2 Å². The quantitative estimate of drug-likeness (QED) is 0.923. The maximum Gasteiger partial charge on any atom is 0.410 e. The molecule has 2 rings (SSSR count). The van der Waals surface area contributed by atoms with Gasteiger partial charge in [0.1, 0.15) is 6.61 Å². The van der Waals surface area contributed by atoms with Gasteiger partial charge < -0.3 is 15.0 Å². The van der Waals surface area contributed by atoms with Crippen molar-refractivity contribution >= 4 is 6.09 Å². The molecule has 0 radical (unpaired) electrons. The Bertz CT molecular complexity index is 421. The van der Waals surface area contributed by atoms with Gasteiger partial charge >= 0.3 is 6.09 Å². The Balaban J connectivity index is 1.83. The van der Waals surface area contributed by atoms with Crippen LogP contribution in [0.3, 0.4) is 0 Å². The highest BCUT2D eigenvalue weighted by Gasteiger charge is 2.16. The summed E-state index contributed by atoms with van der Waals surface area (Å²) in [6.45, 7) is 8.01. The van der Waals surface area contributed by atoms with Crippen molar-refractivity contribution in [2.75, 3.05) is 26.2 Å². The van der Waals surface area contributed by atoms with E-state index in [1.807, 2.05) is 12.1 Å². The Hall–Kier alpha value is -1.55. The summed E-state index contributed by atoms with van der Waals surface area (Å²) in [5, 5.41) is 3.27. The Morgan fingerprint density at radius 2 is 2.00 bits per heavy atom. The number of rotatable bonds is 3. The van der Waals surface area contributed by atoms with Gasteiger partial charge in [0.2, 0.25) is 0 Å². The van der Waals surface area contributed by atoms with E-state index < -0.39 is 0 Å². The molecule has 20 heavy (non-hydrogen) atoms. The summed E-state index contributed by atoms with van der Waals surface area (Å²) in [5.41, 5.74) is 2.34. The van der Waals surface area contributed by atoms with Gasteiger partial charge in [0.15, 0.2) is 0 Å². The van der Waals surface area contributed by atoms with Crippen LogP contribution in [0.25, 0.3) is 0 Å². The normalized spacial score (nSPS) is 16.1. The number of hydrogen-bond donors (Lipinski definition) is 1. The van der Waals surface area contributed by atoms with Crippen molar-refractivity contribution < 1.29 is 9.53 Å². The fourth-order valence-corrected chi connectivity index (χ4v) is 2.26. The number of carbonyl (C=O) groups excluding carboxylic acids is 1. The van der Waals surface area contributed by atoms with Crippen molar-refractivity contribution in [3.63, 3.8) is 0 Å². The second kappa shape index (κ2) is 7.29. The van der Waals surface area contributed by atoms with Gasteiger partial charge in [-0.3, -0.25) is 0 Å². The number of nitrogens with one attached hydrogen (secondary N) is 1. The Labute approximate surface area is 121 Å². The van der Waals surface area contributed by atoms with E-state index in [1.54, 1.807) is 4.90 Å². The maximum absolute atomic E-state index is 12.0. The topological polar surface area (TPSA) is 41.6 Å². The van der Waals surface area contributed by atoms with Crippen molar-refractivity contribution in [3.8, 4) is 0 Å². The summed E-state index contributed by atoms with van der Waals surface area (Å²) in [5.74, 6) is 0.524. The third-order valence-corrected chi connectivity index (χ3v) is 3.61. The van der Waals surface area contributed by atoms with Crippen LogP contribution in [0, 0.1) is 0 Å². The molecular weight excluding hydrogens is 252 g/mol.